The molecule has 2 rings (SSSR count). The van der Waals surface area contributed by atoms with Crippen molar-refractivity contribution in [2.45, 2.75) is 36.1 Å². The zero-order chi connectivity index (χ0) is 11.8. The van der Waals surface area contributed by atoms with E-state index in [1.165, 1.54) is 6.26 Å². The van der Waals surface area contributed by atoms with Gasteiger partial charge in [-0.15, -0.1) is 0 Å². The normalized spacial score (nSPS) is 19.9. The monoisotopic (exact) mass is 239 g/mol. The third kappa shape index (κ3) is 2.13. The maximum Gasteiger partial charge on any atom is 0.175 e. The van der Waals surface area contributed by atoms with Crippen LogP contribution in [-0.4, -0.2) is 14.7 Å². The zero-order valence-corrected chi connectivity index (χ0v) is 10.3. The van der Waals surface area contributed by atoms with Gasteiger partial charge in [-0.05, 0) is 30.5 Å². The van der Waals surface area contributed by atoms with E-state index in [4.69, 9.17) is 5.73 Å². The molecule has 1 aromatic carbocycles. The Bertz CT molecular complexity index is 470. The number of benzene rings is 1. The van der Waals surface area contributed by atoms with Crippen LogP contribution in [0.4, 0.5) is 0 Å². The fourth-order valence-corrected chi connectivity index (χ4v) is 2.96. The average molecular weight is 239 g/mol. The Morgan fingerprint density at radius 1 is 1.12 bits per heavy atom. The highest BCUT2D eigenvalue weighted by atomic mass is 32.2. The molecule has 16 heavy (non-hydrogen) atoms. The summed E-state index contributed by atoms with van der Waals surface area (Å²) in [4.78, 5) is 0.359. The molecule has 1 aliphatic carbocycles. The van der Waals surface area contributed by atoms with E-state index in [0.717, 1.165) is 31.2 Å². The van der Waals surface area contributed by atoms with Gasteiger partial charge in [0, 0.05) is 11.8 Å². The lowest BCUT2D eigenvalue weighted by molar-refractivity contribution is 0.461. The second-order valence-corrected chi connectivity index (χ2v) is 6.68. The van der Waals surface area contributed by atoms with Gasteiger partial charge in [-0.25, -0.2) is 8.42 Å². The van der Waals surface area contributed by atoms with Crippen molar-refractivity contribution in [3.63, 3.8) is 0 Å². The molecule has 88 valence electrons. The number of hydrogen-bond donors (Lipinski definition) is 1. The maximum atomic E-state index is 11.3. The van der Waals surface area contributed by atoms with Crippen molar-refractivity contribution >= 4 is 9.84 Å². The molecule has 1 fully saturated rings. The van der Waals surface area contributed by atoms with Crippen LogP contribution in [0.1, 0.15) is 31.2 Å². The van der Waals surface area contributed by atoms with Gasteiger partial charge in [0.05, 0.1) is 4.90 Å². The van der Waals surface area contributed by atoms with Crippen molar-refractivity contribution in [3.05, 3.63) is 29.8 Å². The summed E-state index contributed by atoms with van der Waals surface area (Å²) < 4.78 is 22.6. The molecule has 0 saturated heterocycles. The Morgan fingerprint density at radius 2 is 1.62 bits per heavy atom. The van der Waals surface area contributed by atoms with Gasteiger partial charge >= 0.3 is 0 Å². The second-order valence-electron chi connectivity index (χ2n) is 4.66. The molecular formula is C12H17NO2S. The van der Waals surface area contributed by atoms with E-state index < -0.39 is 9.84 Å². The van der Waals surface area contributed by atoms with E-state index in [9.17, 15) is 8.42 Å². The Hall–Kier alpha value is -0.870. The molecule has 0 radical (unpaired) electrons. The molecule has 0 bridgehead atoms. The number of hydrogen-bond acceptors (Lipinski definition) is 3. The molecule has 0 aromatic heterocycles. The highest BCUT2D eigenvalue weighted by Crippen LogP contribution is 2.36. The standard InChI is InChI=1S/C12H17NO2S/c1-16(14,15)11-6-4-10(5-7-11)12(13)8-2-3-9-12/h4-7H,2-3,8-9,13H2,1H3. The molecule has 0 atom stereocenters. The second kappa shape index (κ2) is 3.86. The lowest BCUT2D eigenvalue weighted by Gasteiger charge is -2.24. The van der Waals surface area contributed by atoms with Crippen molar-refractivity contribution in [1.29, 1.82) is 0 Å². The summed E-state index contributed by atoms with van der Waals surface area (Å²) in [6.07, 6.45) is 5.51. The molecule has 1 aliphatic rings. The Kier molecular flexibility index (Phi) is 2.80. The Morgan fingerprint density at radius 3 is 2.06 bits per heavy atom. The molecule has 0 aliphatic heterocycles. The third-order valence-electron chi connectivity index (χ3n) is 3.35. The predicted octanol–water partition coefficient (Wildman–Crippen LogP) is 1.82. The molecule has 0 amide bonds. The third-order valence-corrected chi connectivity index (χ3v) is 4.48. The highest BCUT2D eigenvalue weighted by Gasteiger charge is 2.31. The summed E-state index contributed by atoms with van der Waals surface area (Å²) in [5, 5.41) is 0. The van der Waals surface area contributed by atoms with Crippen LogP contribution in [0.2, 0.25) is 0 Å². The zero-order valence-electron chi connectivity index (χ0n) is 9.44. The fraction of sp³-hybridized carbons (Fsp3) is 0.500. The van der Waals surface area contributed by atoms with Crippen LogP contribution < -0.4 is 5.73 Å². The smallest absolute Gasteiger partial charge is 0.175 e. The molecular weight excluding hydrogens is 222 g/mol. The first-order valence-electron chi connectivity index (χ1n) is 5.51. The maximum absolute atomic E-state index is 11.3. The minimum Gasteiger partial charge on any atom is -0.321 e. The van der Waals surface area contributed by atoms with Gasteiger partial charge in [0.1, 0.15) is 0 Å². The van der Waals surface area contributed by atoms with Crippen LogP contribution in [0.3, 0.4) is 0 Å². The summed E-state index contributed by atoms with van der Waals surface area (Å²) >= 11 is 0. The SMILES string of the molecule is CS(=O)(=O)c1ccc(C2(N)CCCC2)cc1. The van der Waals surface area contributed by atoms with E-state index in [2.05, 4.69) is 0 Å². The largest absolute Gasteiger partial charge is 0.321 e. The molecule has 2 N–H and O–H groups in total. The van der Waals surface area contributed by atoms with Gasteiger partial charge < -0.3 is 5.73 Å². The summed E-state index contributed by atoms with van der Waals surface area (Å²) in [5.74, 6) is 0. The minimum atomic E-state index is -3.10. The Balaban J connectivity index is 2.33. The van der Waals surface area contributed by atoms with Crippen molar-refractivity contribution in [2.24, 2.45) is 5.73 Å². The van der Waals surface area contributed by atoms with E-state index in [1.807, 2.05) is 12.1 Å². The van der Waals surface area contributed by atoms with E-state index in [1.54, 1.807) is 12.1 Å². The van der Waals surface area contributed by atoms with Crippen LogP contribution in [0.15, 0.2) is 29.2 Å². The number of nitrogens with two attached hydrogens (primary N) is 1. The molecule has 4 heteroatoms. The molecule has 3 nitrogen and oxygen atoms in total. The fourth-order valence-electron chi connectivity index (χ4n) is 2.33. The number of rotatable bonds is 2. The quantitative estimate of drug-likeness (QED) is 0.856. The van der Waals surface area contributed by atoms with Crippen LogP contribution >= 0.6 is 0 Å². The first-order chi connectivity index (χ1) is 7.42. The van der Waals surface area contributed by atoms with Crippen LogP contribution in [-0.2, 0) is 15.4 Å². The van der Waals surface area contributed by atoms with Crippen molar-refractivity contribution < 1.29 is 8.42 Å². The molecule has 1 aromatic rings. The van der Waals surface area contributed by atoms with Gasteiger partial charge in [-0.2, -0.15) is 0 Å². The Labute approximate surface area is 96.6 Å². The van der Waals surface area contributed by atoms with Gasteiger partial charge in [-0.3, -0.25) is 0 Å². The predicted molar refractivity (Wildman–Crippen MR) is 63.9 cm³/mol. The average Bonchev–Trinajstić information content (AvgIpc) is 2.66. The molecule has 0 unspecified atom stereocenters. The lowest BCUT2D eigenvalue weighted by atomic mass is 9.90. The molecule has 0 heterocycles. The summed E-state index contributed by atoms with van der Waals surface area (Å²) in [5.41, 5.74) is 7.10. The first kappa shape index (κ1) is 11.6. The van der Waals surface area contributed by atoms with E-state index >= 15 is 0 Å². The summed E-state index contributed by atoms with van der Waals surface area (Å²) in [7, 11) is -3.10. The number of sulfone groups is 1. The van der Waals surface area contributed by atoms with Crippen LogP contribution in [0, 0.1) is 0 Å². The van der Waals surface area contributed by atoms with Crippen LogP contribution in [0.5, 0.6) is 0 Å². The highest BCUT2D eigenvalue weighted by molar-refractivity contribution is 7.90. The topological polar surface area (TPSA) is 60.2 Å². The van der Waals surface area contributed by atoms with Gasteiger partial charge in [-0.1, -0.05) is 25.0 Å². The lowest BCUT2D eigenvalue weighted by Crippen LogP contribution is -2.32. The van der Waals surface area contributed by atoms with Gasteiger partial charge in [0.2, 0.25) is 0 Å². The first-order valence-corrected chi connectivity index (χ1v) is 7.40. The van der Waals surface area contributed by atoms with E-state index in [0.29, 0.717) is 4.90 Å². The molecule has 0 spiro atoms. The van der Waals surface area contributed by atoms with Crippen molar-refractivity contribution in [2.75, 3.05) is 6.26 Å². The van der Waals surface area contributed by atoms with Crippen molar-refractivity contribution in [1.82, 2.24) is 0 Å². The molecule has 1 saturated carbocycles. The van der Waals surface area contributed by atoms with Gasteiger partial charge in [0.25, 0.3) is 0 Å². The van der Waals surface area contributed by atoms with E-state index in [-0.39, 0.29) is 5.54 Å². The minimum absolute atomic E-state index is 0.240. The van der Waals surface area contributed by atoms with Crippen molar-refractivity contribution in [3.8, 4) is 0 Å². The summed E-state index contributed by atoms with van der Waals surface area (Å²) in [6.45, 7) is 0. The summed E-state index contributed by atoms with van der Waals surface area (Å²) in [6, 6.07) is 7.00. The van der Waals surface area contributed by atoms with Gasteiger partial charge in [0.15, 0.2) is 9.84 Å². The van der Waals surface area contributed by atoms with Crippen LogP contribution in [0.25, 0.3) is 0 Å².